The van der Waals surface area contributed by atoms with Gasteiger partial charge in [-0.3, -0.25) is 4.79 Å². The molecule has 0 aromatic carbocycles. The van der Waals surface area contributed by atoms with Crippen LogP contribution in [-0.2, 0) is 10.4 Å². The summed E-state index contributed by atoms with van der Waals surface area (Å²) in [6.07, 6.45) is 7.18. The number of thiophene rings is 1. The second-order valence-corrected chi connectivity index (χ2v) is 8.50. The quantitative estimate of drug-likeness (QED) is 0.889. The molecule has 4 aliphatic rings. The van der Waals surface area contributed by atoms with Crippen LogP contribution in [0.15, 0.2) is 17.5 Å². The van der Waals surface area contributed by atoms with Crippen molar-refractivity contribution < 1.29 is 9.90 Å². The minimum atomic E-state index is -1.34. The summed E-state index contributed by atoms with van der Waals surface area (Å²) in [4.78, 5) is 16.5. The van der Waals surface area contributed by atoms with Crippen LogP contribution in [0.2, 0.25) is 0 Å². The highest BCUT2D eigenvalue weighted by Gasteiger charge is 2.50. The fourth-order valence-corrected chi connectivity index (χ4v) is 5.59. The fourth-order valence-electron chi connectivity index (χ4n) is 4.69. The normalized spacial score (nSPS) is 33.5. The summed E-state index contributed by atoms with van der Waals surface area (Å²) in [5.74, 6) is -0.0940. The van der Waals surface area contributed by atoms with Crippen molar-refractivity contribution in [2.75, 3.05) is 19.6 Å². The van der Waals surface area contributed by atoms with Gasteiger partial charge in [0.1, 0.15) is 0 Å². The predicted octanol–water partition coefficient (Wildman–Crippen LogP) is 2.48. The molecular formula is C18H26N2O2S. The molecule has 1 aromatic heterocycles. The van der Waals surface area contributed by atoms with E-state index in [4.69, 9.17) is 0 Å². The number of piperidine rings is 3. The van der Waals surface area contributed by atoms with Crippen LogP contribution in [0.25, 0.3) is 0 Å². The van der Waals surface area contributed by atoms with Gasteiger partial charge in [-0.1, -0.05) is 18.9 Å². The van der Waals surface area contributed by atoms with Crippen molar-refractivity contribution in [3.63, 3.8) is 0 Å². The molecule has 4 nitrogen and oxygen atoms in total. The molecule has 5 heteroatoms. The van der Waals surface area contributed by atoms with E-state index in [1.807, 2.05) is 17.5 Å². The summed E-state index contributed by atoms with van der Waals surface area (Å²) in [5.41, 5.74) is -1.43. The van der Waals surface area contributed by atoms with E-state index in [9.17, 15) is 9.90 Å². The molecule has 1 unspecified atom stereocenters. The number of nitrogens with one attached hydrogen (secondary N) is 1. The largest absolute Gasteiger partial charge is 0.374 e. The number of rotatable bonds is 4. The second kappa shape index (κ2) is 5.87. The number of nitrogens with zero attached hydrogens (tertiary/aromatic N) is 1. The number of carbonyl (C=O) groups is 1. The van der Waals surface area contributed by atoms with Crippen LogP contribution in [0.1, 0.15) is 49.8 Å². The number of carbonyl (C=O) groups excluding carboxylic acids is 1. The first-order valence-electron chi connectivity index (χ1n) is 8.94. The van der Waals surface area contributed by atoms with Gasteiger partial charge in [-0.05, 0) is 43.6 Å². The molecule has 0 spiro atoms. The molecule has 1 atom stereocenters. The van der Waals surface area contributed by atoms with Crippen LogP contribution in [0.5, 0.6) is 0 Å². The van der Waals surface area contributed by atoms with E-state index in [-0.39, 0.29) is 17.4 Å². The maximum absolute atomic E-state index is 13.2. The lowest BCUT2D eigenvalue weighted by atomic mass is 9.77. The second-order valence-electron chi connectivity index (χ2n) is 7.55. The maximum Gasteiger partial charge on any atom is 0.258 e. The number of hydrogen-bond donors (Lipinski definition) is 2. The molecule has 0 radical (unpaired) electrons. The van der Waals surface area contributed by atoms with Crippen LogP contribution in [0.4, 0.5) is 0 Å². The highest BCUT2D eigenvalue weighted by Crippen LogP contribution is 2.43. The van der Waals surface area contributed by atoms with E-state index >= 15 is 0 Å². The van der Waals surface area contributed by atoms with Crippen molar-refractivity contribution in [1.82, 2.24) is 10.2 Å². The molecule has 3 saturated heterocycles. The topological polar surface area (TPSA) is 52.6 Å². The number of hydrogen-bond acceptors (Lipinski definition) is 4. The van der Waals surface area contributed by atoms with Crippen molar-refractivity contribution in [1.29, 1.82) is 0 Å². The van der Waals surface area contributed by atoms with Crippen LogP contribution in [0.3, 0.4) is 0 Å². The van der Waals surface area contributed by atoms with Gasteiger partial charge in [-0.25, -0.2) is 0 Å². The Bertz CT molecular complexity index is 546. The average molecular weight is 334 g/mol. The minimum Gasteiger partial charge on any atom is -0.374 e. The first-order chi connectivity index (χ1) is 11.1. The van der Waals surface area contributed by atoms with E-state index < -0.39 is 5.60 Å². The summed E-state index contributed by atoms with van der Waals surface area (Å²) in [6.45, 7) is 3.21. The standard InChI is InChI=1S/C18H26N2O2S/c21-16(19-17-7-10-20(11-8-17)12-9-17)18(22,14-4-1-2-5-14)15-6-3-13-23-15/h3,6,13-14,22H,1-2,4-5,7-12H2,(H,19,21). The first kappa shape index (κ1) is 15.6. The van der Waals surface area contributed by atoms with Crippen molar-refractivity contribution in [2.24, 2.45) is 5.92 Å². The third-order valence-electron chi connectivity index (χ3n) is 6.29. The average Bonchev–Trinajstić information content (AvgIpc) is 3.29. The van der Waals surface area contributed by atoms with E-state index in [2.05, 4.69) is 10.2 Å². The molecule has 3 aliphatic heterocycles. The Kier molecular flexibility index (Phi) is 3.98. The summed E-state index contributed by atoms with van der Waals surface area (Å²) in [5, 5.41) is 16.8. The van der Waals surface area contributed by atoms with Crippen molar-refractivity contribution in [3.05, 3.63) is 22.4 Å². The van der Waals surface area contributed by atoms with Crippen LogP contribution >= 0.6 is 11.3 Å². The number of fused-ring (bicyclic) bond motifs is 3. The lowest BCUT2D eigenvalue weighted by Gasteiger charge is -2.50. The number of aliphatic hydroxyl groups is 1. The molecule has 2 N–H and O–H groups in total. The van der Waals surface area contributed by atoms with Gasteiger partial charge < -0.3 is 15.3 Å². The van der Waals surface area contributed by atoms with Gasteiger partial charge in [0, 0.05) is 36.0 Å². The highest BCUT2D eigenvalue weighted by molar-refractivity contribution is 7.10. The third-order valence-corrected chi connectivity index (χ3v) is 7.28. The Morgan fingerprint density at radius 1 is 1.26 bits per heavy atom. The molecule has 1 amide bonds. The summed E-state index contributed by atoms with van der Waals surface area (Å²) in [7, 11) is 0. The SMILES string of the molecule is O=C(NC12CCN(CC1)CC2)C(O)(c1cccs1)C1CCCC1. The highest BCUT2D eigenvalue weighted by atomic mass is 32.1. The molecule has 1 aromatic rings. The zero-order valence-electron chi connectivity index (χ0n) is 13.6. The summed E-state index contributed by atoms with van der Waals surface area (Å²) >= 11 is 1.50. The Hall–Kier alpha value is -0.910. The minimum absolute atomic E-state index is 0.0567. The summed E-state index contributed by atoms with van der Waals surface area (Å²) < 4.78 is 0. The van der Waals surface area contributed by atoms with Gasteiger partial charge in [0.25, 0.3) is 5.91 Å². The molecule has 4 heterocycles. The first-order valence-corrected chi connectivity index (χ1v) is 9.82. The Balaban J connectivity index is 1.60. The van der Waals surface area contributed by atoms with Crippen LogP contribution < -0.4 is 5.32 Å². The van der Waals surface area contributed by atoms with E-state index in [1.165, 1.54) is 11.3 Å². The molecular weight excluding hydrogens is 308 g/mol. The molecule has 1 aliphatic carbocycles. The predicted molar refractivity (Wildman–Crippen MR) is 91.3 cm³/mol. The third kappa shape index (κ3) is 2.63. The van der Waals surface area contributed by atoms with Gasteiger partial charge in [-0.15, -0.1) is 11.3 Å². The zero-order valence-corrected chi connectivity index (χ0v) is 14.4. The molecule has 2 bridgehead atoms. The molecule has 4 fully saturated rings. The van der Waals surface area contributed by atoms with Crippen LogP contribution in [-0.4, -0.2) is 41.1 Å². The zero-order chi connectivity index (χ0) is 15.9. The van der Waals surface area contributed by atoms with Crippen molar-refractivity contribution >= 4 is 17.2 Å². The van der Waals surface area contributed by atoms with Crippen molar-refractivity contribution in [3.8, 4) is 0 Å². The number of amides is 1. The van der Waals surface area contributed by atoms with Gasteiger partial charge in [-0.2, -0.15) is 0 Å². The summed E-state index contributed by atoms with van der Waals surface area (Å²) in [6, 6.07) is 3.86. The van der Waals surface area contributed by atoms with E-state index in [0.29, 0.717) is 0 Å². The lowest BCUT2D eigenvalue weighted by Crippen LogP contribution is -2.64. The molecule has 5 rings (SSSR count). The molecule has 1 saturated carbocycles. The van der Waals surface area contributed by atoms with E-state index in [1.54, 1.807) is 0 Å². The monoisotopic (exact) mass is 334 g/mol. The smallest absolute Gasteiger partial charge is 0.258 e. The molecule has 126 valence electrons. The lowest BCUT2D eigenvalue weighted by molar-refractivity contribution is -0.150. The van der Waals surface area contributed by atoms with Crippen molar-refractivity contribution in [2.45, 2.75) is 56.1 Å². The van der Waals surface area contributed by atoms with Crippen LogP contribution in [0, 0.1) is 5.92 Å². The maximum atomic E-state index is 13.2. The fraction of sp³-hybridized carbons (Fsp3) is 0.722. The van der Waals surface area contributed by atoms with E-state index in [0.717, 1.165) is 69.5 Å². The van der Waals surface area contributed by atoms with Gasteiger partial charge in [0.2, 0.25) is 0 Å². The molecule has 23 heavy (non-hydrogen) atoms. The van der Waals surface area contributed by atoms with Gasteiger partial charge >= 0.3 is 0 Å². The van der Waals surface area contributed by atoms with Gasteiger partial charge in [0.15, 0.2) is 5.60 Å². The van der Waals surface area contributed by atoms with Gasteiger partial charge in [0.05, 0.1) is 0 Å². The Morgan fingerprint density at radius 2 is 1.91 bits per heavy atom. The Morgan fingerprint density at radius 3 is 2.48 bits per heavy atom. The Labute approximate surface area is 141 Å².